The topological polar surface area (TPSA) is 66.5 Å². The molecule has 21 heavy (non-hydrogen) atoms. The van der Waals surface area contributed by atoms with Gasteiger partial charge in [0.1, 0.15) is 0 Å². The van der Waals surface area contributed by atoms with Crippen LogP contribution in [0.15, 0.2) is 17.5 Å². The van der Waals surface area contributed by atoms with Crippen molar-refractivity contribution in [1.29, 1.82) is 0 Å². The van der Waals surface area contributed by atoms with Crippen LogP contribution in [0.3, 0.4) is 0 Å². The summed E-state index contributed by atoms with van der Waals surface area (Å²) in [6.07, 6.45) is 2.55. The number of amides is 1. The van der Waals surface area contributed by atoms with Crippen molar-refractivity contribution in [3.63, 3.8) is 0 Å². The summed E-state index contributed by atoms with van der Waals surface area (Å²) in [7, 11) is -3.37. The lowest BCUT2D eigenvalue weighted by molar-refractivity contribution is -0.133. The number of hydrogen-bond donors (Lipinski definition) is 1. The molecule has 2 rings (SSSR count). The van der Waals surface area contributed by atoms with E-state index in [9.17, 15) is 13.2 Å². The lowest BCUT2D eigenvalue weighted by Crippen LogP contribution is -2.47. The largest absolute Gasteiger partial charge is 0.333 e. The normalized spacial score (nSPS) is 16.7. The lowest BCUT2D eigenvalue weighted by atomic mass is 10.3. The molecule has 5 nitrogen and oxygen atoms in total. The first-order valence-corrected chi connectivity index (χ1v) is 9.79. The monoisotopic (exact) mass is 330 g/mol. The molecule has 1 unspecified atom stereocenters. The van der Waals surface area contributed by atoms with Crippen LogP contribution in [0.5, 0.6) is 0 Å². The Morgan fingerprint density at radius 3 is 2.76 bits per heavy atom. The summed E-state index contributed by atoms with van der Waals surface area (Å²) in [5.74, 6) is -0.0792. The van der Waals surface area contributed by atoms with Gasteiger partial charge >= 0.3 is 0 Å². The maximum Gasteiger partial charge on any atom is 0.241 e. The summed E-state index contributed by atoms with van der Waals surface area (Å²) >= 11 is 1.61. The van der Waals surface area contributed by atoms with Crippen molar-refractivity contribution < 1.29 is 13.2 Å². The standard InChI is InChI=1S/C14H22N2O3S2/c1-3-9-21(18,19)15-11(2)14(17)16(12-6-7-12)10-13-5-4-8-20-13/h4-5,8,11-12,15H,3,6-7,9-10H2,1-2H3. The Kier molecular flexibility index (Phi) is 5.40. The van der Waals surface area contributed by atoms with Crippen LogP contribution in [0.4, 0.5) is 0 Å². The molecule has 1 aliphatic rings. The van der Waals surface area contributed by atoms with E-state index in [0.717, 1.165) is 17.7 Å². The molecule has 1 aromatic rings. The van der Waals surface area contributed by atoms with Crippen LogP contribution in [0.25, 0.3) is 0 Å². The second kappa shape index (κ2) is 6.89. The fraction of sp³-hybridized carbons (Fsp3) is 0.643. The van der Waals surface area contributed by atoms with E-state index in [1.54, 1.807) is 25.2 Å². The van der Waals surface area contributed by atoms with Gasteiger partial charge in [-0.1, -0.05) is 13.0 Å². The predicted octanol–water partition coefficient (Wildman–Crippen LogP) is 1.96. The van der Waals surface area contributed by atoms with Crippen molar-refractivity contribution in [1.82, 2.24) is 9.62 Å². The minimum Gasteiger partial charge on any atom is -0.333 e. The molecule has 0 radical (unpaired) electrons. The number of nitrogens with zero attached hydrogens (tertiary/aromatic N) is 1. The molecule has 1 heterocycles. The second-order valence-corrected chi connectivity index (χ2v) is 8.34. The van der Waals surface area contributed by atoms with E-state index in [-0.39, 0.29) is 17.7 Å². The zero-order chi connectivity index (χ0) is 15.5. The first-order valence-electron chi connectivity index (χ1n) is 7.26. The van der Waals surface area contributed by atoms with Gasteiger partial charge in [0.2, 0.25) is 15.9 Å². The van der Waals surface area contributed by atoms with Crippen molar-refractivity contribution in [2.24, 2.45) is 0 Å². The number of rotatable bonds is 8. The van der Waals surface area contributed by atoms with Crippen LogP contribution in [-0.2, 0) is 21.4 Å². The number of thiophene rings is 1. The molecule has 0 aromatic carbocycles. The molecule has 1 atom stereocenters. The van der Waals surface area contributed by atoms with E-state index < -0.39 is 16.1 Å². The molecule has 1 fully saturated rings. The van der Waals surface area contributed by atoms with Gasteiger partial charge in [0, 0.05) is 10.9 Å². The van der Waals surface area contributed by atoms with Gasteiger partial charge in [-0.15, -0.1) is 11.3 Å². The quantitative estimate of drug-likeness (QED) is 0.792. The molecule has 7 heteroatoms. The highest BCUT2D eigenvalue weighted by Gasteiger charge is 2.35. The Balaban J connectivity index is 2.01. The van der Waals surface area contributed by atoms with Gasteiger partial charge in [-0.05, 0) is 37.6 Å². The summed E-state index contributed by atoms with van der Waals surface area (Å²) in [6.45, 7) is 4.00. The maximum atomic E-state index is 12.5. The van der Waals surface area contributed by atoms with Crippen molar-refractivity contribution in [2.75, 3.05) is 5.75 Å². The Hall–Kier alpha value is -0.920. The fourth-order valence-corrected chi connectivity index (χ4v) is 4.24. The molecule has 0 saturated heterocycles. The first kappa shape index (κ1) is 16.5. The SMILES string of the molecule is CCCS(=O)(=O)NC(C)C(=O)N(Cc1cccs1)C1CC1. The average molecular weight is 330 g/mol. The summed E-state index contributed by atoms with van der Waals surface area (Å²) in [6, 6.07) is 3.52. The van der Waals surface area contributed by atoms with Gasteiger partial charge in [-0.25, -0.2) is 13.1 Å². The Labute approximate surface area is 130 Å². The molecular formula is C14H22N2O3S2. The Morgan fingerprint density at radius 1 is 1.52 bits per heavy atom. The number of carbonyl (C=O) groups excluding carboxylic acids is 1. The predicted molar refractivity (Wildman–Crippen MR) is 84.6 cm³/mol. The molecule has 0 bridgehead atoms. The first-order chi connectivity index (χ1) is 9.93. The molecular weight excluding hydrogens is 308 g/mol. The number of carbonyl (C=O) groups is 1. The highest BCUT2D eigenvalue weighted by Crippen LogP contribution is 2.29. The van der Waals surface area contributed by atoms with E-state index in [4.69, 9.17) is 0 Å². The summed E-state index contributed by atoms with van der Waals surface area (Å²) in [5.41, 5.74) is 0. The Morgan fingerprint density at radius 2 is 2.24 bits per heavy atom. The molecule has 1 aromatic heterocycles. The number of hydrogen-bond acceptors (Lipinski definition) is 4. The van der Waals surface area contributed by atoms with Crippen LogP contribution in [0.1, 0.15) is 38.0 Å². The molecule has 0 spiro atoms. The van der Waals surface area contributed by atoms with Crippen molar-refractivity contribution in [3.8, 4) is 0 Å². The van der Waals surface area contributed by atoms with Crippen LogP contribution in [0.2, 0.25) is 0 Å². The minimum absolute atomic E-state index is 0.0545. The van der Waals surface area contributed by atoms with Gasteiger partial charge in [0.05, 0.1) is 18.3 Å². The second-order valence-electron chi connectivity index (χ2n) is 5.44. The van der Waals surface area contributed by atoms with Crippen molar-refractivity contribution in [2.45, 2.75) is 51.7 Å². The molecule has 118 valence electrons. The van der Waals surface area contributed by atoms with Crippen LogP contribution < -0.4 is 4.72 Å². The van der Waals surface area contributed by atoms with Crippen molar-refractivity contribution >= 4 is 27.3 Å². The summed E-state index contributed by atoms with van der Waals surface area (Å²) < 4.78 is 26.1. The average Bonchev–Trinajstić information content (AvgIpc) is 3.11. The van der Waals surface area contributed by atoms with E-state index in [0.29, 0.717) is 13.0 Å². The molecule has 0 aliphatic heterocycles. The van der Waals surface area contributed by atoms with Gasteiger partial charge < -0.3 is 4.90 Å². The van der Waals surface area contributed by atoms with E-state index in [1.165, 1.54) is 0 Å². The summed E-state index contributed by atoms with van der Waals surface area (Å²) in [5, 5.41) is 1.98. The Bertz CT molecular complexity index is 565. The lowest BCUT2D eigenvalue weighted by Gasteiger charge is -2.25. The molecule has 1 N–H and O–H groups in total. The number of sulfonamides is 1. The van der Waals surface area contributed by atoms with E-state index >= 15 is 0 Å². The zero-order valence-electron chi connectivity index (χ0n) is 12.4. The highest BCUT2D eigenvalue weighted by atomic mass is 32.2. The van der Waals surface area contributed by atoms with Crippen LogP contribution in [-0.4, -0.2) is 37.1 Å². The molecule has 1 aliphatic carbocycles. The van der Waals surface area contributed by atoms with E-state index in [1.807, 2.05) is 22.4 Å². The smallest absolute Gasteiger partial charge is 0.241 e. The zero-order valence-corrected chi connectivity index (χ0v) is 14.0. The van der Waals surface area contributed by atoms with Crippen molar-refractivity contribution in [3.05, 3.63) is 22.4 Å². The third-order valence-electron chi connectivity index (χ3n) is 3.38. The molecule has 1 saturated carbocycles. The maximum absolute atomic E-state index is 12.5. The van der Waals surface area contributed by atoms with Gasteiger partial charge in [-0.3, -0.25) is 4.79 Å². The third-order valence-corrected chi connectivity index (χ3v) is 5.90. The van der Waals surface area contributed by atoms with E-state index in [2.05, 4.69) is 4.72 Å². The third kappa shape index (κ3) is 4.79. The van der Waals surface area contributed by atoms with Gasteiger partial charge in [0.15, 0.2) is 0 Å². The highest BCUT2D eigenvalue weighted by molar-refractivity contribution is 7.89. The van der Waals surface area contributed by atoms with Crippen LogP contribution in [0, 0.1) is 0 Å². The van der Waals surface area contributed by atoms with Gasteiger partial charge in [0.25, 0.3) is 0 Å². The van der Waals surface area contributed by atoms with Gasteiger partial charge in [-0.2, -0.15) is 0 Å². The van der Waals surface area contributed by atoms with Crippen LogP contribution >= 0.6 is 11.3 Å². The minimum atomic E-state index is -3.37. The fourth-order valence-electron chi connectivity index (χ4n) is 2.24. The number of nitrogens with one attached hydrogen (secondary N) is 1. The summed E-state index contributed by atoms with van der Waals surface area (Å²) in [4.78, 5) is 15.5. The molecule has 1 amide bonds.